The molecule has 0 saturated carbocycles. The second-order valence-electron chi connectivity index (χ2n) is 3.20. The number of rotatable bonds is 1. The lowest BCUT2D eigenvalue weighted by molar-refractivity contribution is 0.101. The van der Waals surface area contributed by atoms with Crippen molar-refractivity contribution in [3.05, 3.63) is 35.4 Å². The van der Waals surface area contributed by atoms with Crippen molar-refractivity contribution < 1.29 is 4.74 Å². The van der Waals surface area contributed by atoms with E-state index < -0.39 is 0 Å². The third-order valence-corrected chi connectivity index (χ3v) is 2.49. The molecule has 0 amide bonds. The fourth-order valence-electron chi connectivity index (χ4n) is 1.85. The minimum absolute atomic E-state index is 0.158. The van der Waals surface area contributed by atoms with E-state index in [1.807, 2.05) is 12.1 Å². The summed E-state index contributed by atoms with van der Waals surface area (Å²) < 4.78 is 5.33. The molecule has 1 aliphatic carbocycles. The third kappa shape index (κ3) is 1.04. The summed E-state index contributed by atoms with van der Waals surface area (Å²) in [5.74, 6) is 0. The lowest BCUT2D eigenvalue weighted by Gasteiger charge is -2.07. The highest BCUT2D eigenvalue weighted by Gasteiger charge is 2.27. The highest BCUT2D eigenvalue weighted by Crippen LogP contribution is 2.38. The molecule has 12 heavy (non-hydrogen) atoms. The Bertz CT molecular complexity index is 285. The third-order valence-electron chi connectivity index (χ3n) is 2.49. The summed E-state index contributed by atoms with van der Waals surface area (Å²) in [5.41, 5.74) is 8.43. The zero-order valence-corrected chi connectivity index (χ0v) is 7.16. The van der Waals surface area contributed by atoms with E-state index in [-0.39, 0.29) is 12.1 Å². The van der Waals surface area contributed by atoms with E-state index >= 15 is 0 Å². The summed E-state index contributed by atoms with van der Waals surface area (Å²) in [5, 5.41) is 0. The van der Waals surface area contributed by atoms with Crippen molar-refractivity contribution in [1.82, 2.24) is 0 Å². The molecule has 0 heterocycles. The first-order valence-electron chi connectivity index (χ1n) is 4.20. The van der Waals surface area contributed by atoms with Crippen molar-refractivity contribution >= 4 is 0 Å². The molecule has 0 radical (unpaired) electrons. The topological polar surface area (TPSA) is 35.2 Å². The van der Waals surface area contributed by atoms with Crippen LogP contribution in [0.25, 0.3) is 0 Å². The highest BCUT2D eigenvalue weighted by atomic mass is 16.5. The molecular weight excluding hydrogens is 150 g/mol. The monoisotopic (exact) mass is 163 g/mol. The number of methoxy groups -OCH3 is 1. The summed E-state index contributed by atoms with van der Waals surface area (Å²) in [7, 11) is 1.74. The van der Waals surface area contributed by atoms with Crippen LogP contribution in [-0.2, 0) is 4.74 Å². The van der Waals surface area contributed by atoms with Gasteiger partial charge in [0.2, 0.25) is 0 Å². The van der Waals surface area contributed by atoms with Crippen molar-refractivity contribution in [2.24, 2.45) is 5.73 Å². The molecule has 0 aromatic heterocycles. The van der Waals surface area contributed by atoms with Gasteiger partial charge in [-0.15, -0.1) is 0 Å². The van der Waals surface area contributed by atoms with Crippen LogP contribution < -0.4 is 5.73 Å². The number of benzene rings is 1. The maximum Gasteiger partial charge on any atom is 0.0842 e. The Hall–Kier alpha value is -0.860. The molecule has 64 valence electrons. The molecule has 2 nitrogen and oxygen atoms in total. The van der Waals surface area contributed by atoms with E-state index in [9.17, 15) is 0 Å². The molecule has 1 aromatic rings. The Kier molecular flexibility index (Phi) is 1.87. The zero-order chi connectivity index (χ0) is 8.55. The second-order valence-corrected chi connectivity index (χ2v) is 3.20. The Morgan fingerprint density at radius 1 is 1.33 bits per heavy atom. The fourth-order valence-corrected chi connectivity index (χ4v) is 1.85. The second kappa shape index (κ2) is 2.88. The van der Waals surface area contributed by atoms with Gasteiger partial charge in [0.05, 0.1) is 6.10 Å². The van der Waals surface area contributed by atoms with E-state index in [1.165, 1.54) is 11.1 Å². The Balaban J connectivity index is 2.43. The number of fused-ring (bicyclic) bond motifs is 1. The van der Waals surface area contributed by atoms with Crippen LogP contribution in [0.1, 0.15) is 29.7 Å². The molecule has 2 rings (SSSR count). The minimum atomic E-state index is 0.158. The summed E-state index contributed by atoms with van der Waals surface area (Å²) in [6.07, 6.45) is 1.12. The molecule has 0 saturated heterocycles. The molecule has 2 heteroatoms. The maximum atomic E-state index is 5.93. The van der Waals surface area contributed by atoms with Gasteiger partial charge in [-0.2, -0.15) is 0 Å². The number of nitrogens with two attached hydrogens (primary N) is 1. The molecule has 1 aliphatic rings. The van der Waals surface area contributed by atoms with Gasteiger partial charge in [0.1, 0.15) is 0 Å². The van der Waals surface area contributed by atoms with E-state index in [0.29, 0.717) is 0 Å². The number of hydrogen-bond donors (Lipinski definition) is 1. The first-order valence-corrected chi connectivity index (χ1v) is 4.20. The SMILES string of the molecule is COC1CC(N)c2ccccc21. The van der Waals surface area contributed by atoms with Crippen molar-refractivity contribution in [1.29, 1.82) is 0 Å². The molecular formula is C10H13NO. The molecule has 0 fully saturated rings. The standard InChI is InChI=1S/C10H13NO/c1-12-10-6-9(11)7-4-2-3-5-8(7)10/h2-5,9-10H,6,11H2,1H3. The molecule has 0 spiro atoms. The Labute approximate surface area is 72.3 Å². The zero-order valence-electron chi connectivity index (χ0n) is 7.16. The molecule has 0 aliphatic heterocycles. The van der Waals surface area contributed by atoms with Crippen LogP contribution in [0.5, 0.6) is 0 Å². The Morgan fingerprint density at radius 3 is 2.67 bits per heavy atom. The van der Waals surface area contributed by atoms with Crippen LogP contribution in [-0.4, -0.2) is 7.11 Å². The largest absolute Gasteiger partial charge is 0.377 e. The van der Waals surface area contributed by atoms with Gasteiger partial charge in [-0.05, 0) is 17.5 Å². The fraction of sp³-hybridized carbons (Fsp3) is 0.400. The summed E-state index contributed by atoms with van der Waals surface area (Å²) >= 11 is 0. The van der Waals surface area contributed by atoms with Crippen molar-refractivity contribution in [2.75, 3.05) is 7.11 Å². The molecule has 2 unspecified atom stereocenters. The predicted molar refractivity (Wildman–Crippen MR) is 47.7 cm³/mol. The summed E-state index contributed by atoms with van der Waals surface area (Å²) in [6, 6.07) is 8.39. The first kappa shape index (κ1) is 7.77. The van der Waals surface area contributed by atoms with Gasteiger partial charge in [-0.3, -0.25) is 0 Å². The van der Waals surface area contributed by atoms with Gasteiger partial charge >= 0.3 is 0 Å². The maximum absolute atomic E-state index is 5.93. The van der Waals surface area contributed by atoms with Gasteiger partial charge in [-0.1, -0.05) is 24.3 Å². The van der Waals surface area contributed by atoms with E-state index in [0.717, 1.165) is 6.42 Å². The number of ether oxygens (including phenoxy) is 1. The first-order chi connectivity index (χ1) is 5.83. The van der Waals surface area contributed by atoms with Gasteiger partial charge in [0.15, 0.2) is 0 Å². The molecule has 0 bridgehead atoms. The van der Waals surface area contributed by atoms with Crippen LogP contribution in [0.4, 0.5) is 0 Å². The highest BCUT2D eigenvalue weighted by molar-refractivity contribution is 5.36. The van der Waals surface area contributed by atoms with E-state index in [4.69, 9.17) is 10.5 Å². The van der Waals surface area contributed by atoms with Gasteiger partial charge < -0.3 is 10.5 Å². The molecule has 1 aromatic carbocycles. The van der Waals surface area contributed by atoms with Gasteiger partial charge in [-0.25, -0.2) is 0 Å². The molecule has 2 atom stereocenters. The lowest BCUT2D eigenvalue weighted by atomic mass is 10.1. The van der Waals surface area contributed by atoms with Crippen LogP contribution in [0.2, 0.25) is 0 Å². The number of hydrogen-bond acceptors (Lipinski definition) is 2. The van der Waals surface area contributed by atoms with E-state index in [2.05, 4.69) is 12.1 Å². The van der Waals surface area contributed by atoms with Crippen molar-refractivity contribution in [3.63, 3.8) is 0 Å². The average Bonchev–Trinajstić information content (AvgIpc) is 2.44. The summed E-state index contributed by atoms with van der Waals surface area (Å²) in [4.78, 5) is 0. The van der Waals surface area contributed by atoms with E-state index in [1.54, 1.807) is 7.11 Å². The average molecular weight is 163 g/mol. The normalized spacial score (nSPS) is 27.2. The van der Waals surface area contributed by atoms with Crippen LogP contribution in [0.15, 0.2) is 24.3 Å². The van der Waals surface area contributed by atoms with Gasteiger partial charge in [0.25, 0.3) is 0 Å². The lowest BCUT2D eigenvalue weighted by Crippen LogP contribution is -2.05. The Morgan fingerprint density at radius 2 is 2.00 bits per heavy atom. The van der Waals surface area contributed by atoms with Gasteiger partial charge in [0, 0.05) is 13.2 Å². The van der Waals surface area contributed by atoms with Crippen molar-refractivity contribution in [2.45, 2.75) is 18.6 Å². The van der Waals surface area contributed by atoms with Crippen LogP contribution in [0, 0.1) is 0 Å². The van der Waals surface area contributed by atoms with Crippen LogP contribution >= 0.6 is 0 Å². The van der Waals surface area contributed by atoms with Crippen molar-refractivity contribution in [3.8, 4) is 0 Å². The summed E-state index contributed by atoms with van der Waals surface area (Å²) in [6.45, 7) is 0. The minimum Gasteiger partial charge on any atom is -0.377 e. The predicted octanol–water partition coefficient (Wildman–Crippen LogP) is 1.78. The van der Waals surface area contributed by atoms with Crippen LogP contribution in [0.3, 0.4) is 0 Å². The molecule has 2 N–H and O–H groups in total. The quantitative estimate of drug-likeness (QED) is 0.684. The smallest absolute Gasteiger partial charge is 0.0842 e.